The summed E-state index contributed by atoms with van der Waals surface area (Å²) in [6, 6.07) is 10.5. The van der Waals surface area contributed by atoms with Gasteiger partial charge in [0.05, 0.1) is 15.5 Å². The molecular formula is C13H11BrN2O4S. The smallest absolute Gasteiger partial charge is 0.273 e. The molecule has 0 aliphatic carbocycles. The topological polar surface area (TPSA) is 89.3 Å². The number of rotatable bonds is 4. The molecule has 0 aliphatic rings. The molecule has 2 aromatic carbocycles. The number of nitro benzene ring substituents is 1. The van der Waals surface area contributed by atoms with Gasteiger partial charge in [-0.15, -0.1) is 0 Å². The zero-order valence-electron chi connectivity index (χ0n) is 10.9. The van der Waals surface area contributed by atoms with Crippen molar-refractivity contribution >= 4 is 37.3 Å². The summed E-state index contributed by atoms with van der Waals surface area (Å²) in [6.45, 7) is 1.55. The molecule has 0 radical (unpaired) electrons. The molecule has 0 fully saturated rings. The third-order valence-electron chi connectivity index (χ3n) is 2.81. The molecule has 6 nitrogen and oxygen atoms in total. The lowest BCUT2D eigenvalue weighted by atomic mass is 10.2. The summed E-state index contributed by atoms with van der Waals surface area (Å²) in [5.74, 6) is 0. The first-order valence-electron chi connectivity index (χ1n) is 5.83. The fraction of sp³-hybridized carbons (Fsp3) is 0.0769. The maximum absolute atomic E-state index is 12.3. The fourth-order valence-corrected chi connectivity index (χ4v) is 3.32. The van der Waals surface area contributed by atoms with Crippen molar-refractivity contribution in [2.45, 2.75) is 11.8 Å². The molecule has 0 aliphatic heterocycles. The van der Waals surface area contributed by atoms with Crippen molar-refractivity contribution in [3.05, 3.63) is 62.6 Å². The number of aryl methyl sites for hydroxylation is 1. The van der Waals surface area contributed by atoms with Crippen LogP contribution in [0.15, 0.2) is 51.8 Å². The first-order valence-corrected chi connectivity index (χ1v) is 8.11. The number of hydrogen-bond donors (Lipinski definition) is 1. The summed E-state index contributed by atoms with van der Waals surface area (Å²) in [4.78, 5) is 10.1. The number of benzene rings is 2. The predicted molar refractivity (Wildman–Crippen MR) is 82.8 cm³/mol. The van der Waals surface area contributed by atoms with Crippen molar-refractivity contribution < 1.29 is 13.3 Å². The first-order chi connectivity index (χ1) is 9.81. The average molecular weight is 371 g/mol. The molecule has 2 rings (SSSR count). The highest BCUT2D eigenvalue weighted by atomic mass is 79.9. The third-order valence-corrected chi connectivity index (χ3v) is 4.86. The van der Waals surface area contributed by atoms with Gasteiger partial charge in [-0.25, -0.2) is 8.42 Å². The van der Waals surface area contributed by atoms with Crippen LogP contribution in [0.3, 0.4) is 0 Å². The molecule has 0 saturated heterocycles. The second kappa shape index (κ2) is 5.82. The molecule has 0 amide bonds. The highest BCUT2D eigenvalue weighted by Gasteiger charge is 2.20. The minimum absolute atomic E-state index is 0.157. The van der Waals surface area contributed by atoms with Crippen molar-refractivity contribution in [1.29, 1.82) is 0 Å². The molecule has 0 bridgehead atoms. The molecule has 8 heteroatoms. The van der Waals surface area contributed by atoms with E-state index in [0.29, 0.717) is 15.7 Å². The van der Waals surface area contributed by atoms with E-state index in [2.05, 4.69) is 20.7 Å². The summed E-state index contributed by atoms with van der Waals surface area (Å²) in [7, 11) is -3.89. The maximum Gasteiger partial charge on any atom is 0.273 e. The normalized spacial score (nSPS) is 11.1. The number of sulfonamides is 1. The van der Waals surface area contributed by atoms with E-state index in [4.69, 9.17) is 0 Å². The van der Waals surface area contributed by atoms with Gasteiger partial charge in [-0.1, -0.05) is 18.2 Å². The molecule has 0 aromatic heterocycles. The van der Waals surface area contributed by atoms with Gasteiger partial charge < -0.3 is 0 Å². The van der Waals surface area contributed by atoms with Gasteiger partial charge in [0.15, 0.2) is 0 Å². The summed E-state index contributed by atoms with van der Waals surface area (Å²) >= 11 is 3.24. The van der Waals surface area contributed by atoms with Gasteiger partial charge in [-0.3, -0.25) is 14.8 Å². The molecule has 0 spiro atoms. The van der Waals surface area contributed by atoms with E-state index in [9.17, 15) is 18.5 Å². The Morgan fingerprint density at radius 3 is 2.48 bits per heavy atom. The molecule has 0 heterocycles. The zero-order chi connectivity index (χ0) is 15.6. The summed E-state index contributed by atoms with van der Waals surface area (Å²) in [6.07, 6.45) is 0. The first kappa shape index (κ1) is 15.5. The monoisotopic (exact) mass is 370 g/mol. The predicted octanol–water partition coefficient (Wildman–Crippen LogP) is 3.47. The van der Waals surface area contributed by atoms with Crippen LogP contribution in [0.5, 0.6) is 0 Å². The number of hydrogen-bond acceptors (Lipinski definition) is 4. The Hall–Kier alpha value is -1.93. The van der Waals surface area contributed by atoms with Gasteiger partial charge in [-0.05, 0) is 41.1 Å². The van der Waals surface area contributed by atoms with E-state index in [-0.39, 0.29) is 10.6 Å². The van der Waals surface area contributed by atoms with Gasteiger partial charge >= 0.3 is 0 Å². The van der Waals surface area contributed by atoms with Gasteiger partial charge in [-0.2, -0.15) is 0 Å². The van der Waals surface area contributed by atoms with Crippen molar-refractivity contribution in [3.8, 4) is 0 Å². The Balaban J connectivity index is 2.43. The summed E-state index contributed by atoms with van der Waals surface area (Å²) < 4.78 is 27.5. The lowest BCUT2D eigenvalue weighted by Gasteiger charge is -2.10. The highest BCUT2D eigenvalue weighted by molar-refractivity contribution is 9.10. The van der Waals surface area contributed by atoms with Crippen LogP contribution in [0.4, 0.5) is 11.4 Å². The van der Waals surface area contributed by atoms with Gasteiger partial charge in [0.1, 0.15) is 0 Å². The number of nitrogens with one attached hydrogen (secondary N) is 1. The maximum atomic E-state index is 12.3. The minimum Gasteiger partial charge on any atom is -0.278 e. The van der Waals surface area contributed by atoms with Crippen molar-refractivity contribution in [2.75, 3.05) is 4.72 Å². The van der Waals surface area contributed by atoms with E-state index in [1.807, 2.05) is 0 Å². The molecule has 110 valence electrons. The Bertz CT molecular complexity index is 806. The van der Waals surface area contributed by atoms with Crippen molar-refractivity contribution in [3.63, 3.8) is 0 Å². The molecule has 0 atom stereocenters. The van der Waals surface area contributed by atoms with Gasteiger partial charge in [0.25, 0.3) is 15.7 Å². The van der Waals surface area contributed by atoms with Crippen molar-refractivity contribution in [1.82, 2.24) is 0 Å². The number of halogens is 1. The molecule has 0 unspecified atom stereocenters. The molecular weight excluding hydrogens is 360 g/mol. The van der Waals surface area contributed by atoms with Gasteiger partial charge in [0.2, 0.25) is 0 Å². The van der Waals surface area contributed by atoms with Crippen LogP contribution < -0.4 is 4.72 Å². The number of nitrogens with zero attached hydrogens (tertiary/aromatic N) is 1. The second-order valence-corrected chi connectivity index (χ2v) is 6.83. The van der Waals surface area contributed by atoms with E-state index in [1.54, 1.807) is 31.2 Å². The lowest BCUT2D eigenvalue weighted by Crippen LogP contribution is -2.13. The Morgan fingerprint density at radius 1 is 1.19 bits per heavy atom. The SMILES string of the molecule is Cc1ccc(S(=O)(=O)Nc2ccccc2Br)cc1[N+](=O)[O-]. The van der Waals surface area contributed by atoms with Crippen LogP contribution >= 0.6 is 15.9 Å². The number of para-hydroxylation sites is 1. The second-order valence-electron chi connectivity index (χ2n) is 4.29. The zero-order valence-corrected chi connectivity index (χ0v) is 13.3. The van der Waals surface area contributed by atoms with Crippen LogP contribution in [0.1, 0.15) is 5.56 Å². The molecule has 1 N–H and O–H groups in total. The average Bonchev–Trinajstić information content (AvgIpc) is 2.41. The summed E-state index contributed by atoms with van der Waals surface area (Å²) in [5.41, 5.74) is 0.533. The van der Waals surface area contributed by atoms with E-state index in [0.717, 1.165) is 6.07 Å². The molecule has 2 aromatic rings. The molecule has 21 heavy (non-hydrogen) atoms. The number of anilines is 1. The Kier molecular flexibility index (Phi) is 4.29. The van der Waals surface area contributed by atoms with Crippen LogP contribution in [-0.4, -0.2) is 13.3 Å². The number of nitro groups is 1. The standard InChI is InChI=1S/C13H11BrN2O4S/c1-9-6-7-10(8-13(9)16(17)18)21(19,20)15-12-5-3-2-4-11(12)14/h2-8,15H,1H3. The quantitative estimate of drug-likeness (QED) is 0.658. The van der Waals surface area contributed by atoms with Gasteiger partial charge in [0, 0.05) is 16.1 Å². The van der Waals surface area contributed by atoms with Crippen LogP contribution in [0.25, 0.3) is 0 Å². The Morgan fingerprint density at radius 2 is 1.86 bits per heavy atom. The van der Waals surface area contributed by atoms with E-state index < -0.39 is 14.9 Å². The lowest BCUT2D eigenvalue weighted by molar-refractivity contribution is -0.385. The third kappa shape index (κ3) is 3.40. The largest absolute Gasteiger partial charge is 0.278 e. The summed E-state index contributed by atoms with van der Waals surface area (Å²) in [5, 5.41) is 10.9. The van der Waals surface area contributed by atoms with Crippen LogP contribution in [-0.2, 0) is 10.0 Å². The van der Waals surface area contributed by atoms with Crippen LogP contribution in [0, 0.1) is 17.0 Å². The van der Waals surface area contributed by atoms with E-state index in [1.165, 1.54) is 12.1 Å². The Labute approximate surface area is 130 Å². The van der Waals surface area contributed by atoms with Crippen molar-refractivity contribution in [2.24, 2.45) is 0 Å². The minimum atomic E-state index is -3.89. The van der Waals surface area contributed by atoms with E-state index >= 15 is 0 Å². The highest BCUT2D eigenvalue weighted by Crippen LogP contribution is 2.27. The van der Waals surface area contributed by atoms with Crippen LogP contribution in [0.2, 0.25) is 0 Å². The fourth-order valence-electron chi connectivity index (χ4n) is 1.70. The molecule has 0 saturated carbocycles.